The molecule has 0 aromatic carbocycles. The van der Waals surface area contributed by atoms with Gasteiger partial charge in [0.15, 0.2) is 17.7 Å². The summed E-state index contributed by atoms with van der Waals surface area (Å²) in [7, 11) is -4.32. The van der Waals surface area contributed by atoms with Crippen molar-refractivity contribution in [3.63, 3.8) is 0 Å². The average Bonchev–Trinajstić information content (AvgIpc) is 3.24. The van der Waals surface area contributed by atoms with Crippen molar-refractivity contribution in [3.05, 3.63) is 12.7 Å². The third kappa shape index (κ3) is 3.51. The molecule has 14 heteroatoms. The molecular formula is C14H20N6O7P-. The largest absolute Gasteiger partial charge is 0.766 e. The standard InChI is InChI=1S/C14H21N6O7P/c15-12-9-13(17-6-16-12)20(7-18-9)14-11(22)10(21)8(27-14)5-26-28(23,24)19-1-3-25-4-2-19/h6-8,10-11,14,21-22H,1-5H2,(H,23,24)(H2,15,16,17)/p-1/t8-,10+,11?,14-/m1/s1. The summed E-state index contributed by atoms with van der Waals surface area (Å²) in [4.78, 5) is 24.3. The summed E-state index contributed by atoms with van der Waals surface area (Å²) in [6, 6.07) is 0. The monoisotopic (exact) mass is 415 g/mol. The predicted molar refractivity (Wildman–Crippen MR) is 91.6 cm³/mol. The summed E-state index contributed by atoms with van der Waals surface area (Å²) in [5, 5.41) is 20.7. The summed E-state index contributed by atoms with van der Waals surface area (Å²) in [6.45, 7) is 0.524. The van der Waals surface area contributed by atoms with E-state index < -0.39 is 38.9 Å². The number of nitrogen functional groups attached to an aromatic ring is 1. The van der Waals surface area contributed by atoms with Crippen LogP contribution in [-0.2, 0) is 18.6 Å². The molecule has 0 saturated carbocycles. The Bertz CT molecular complexity index is 890. The molecule has 0 radical (unpaired) electrons. The first-order valence-corrected chi connectivity index (χ1v) is 10.1. The summed E-state index contributed by atoms with van der Waals surface area (Å²) >= 11 is 0. The van der Waals surface area contributed by atoms with E-state index in [-0.39, 0.29) is 32.1 Å². The van der Waals surface area contributed by atoms with Crippen molar-refractivity contribution in [1.82, 2.24) is 24.2 Å². The van der Waals surface area contributed by atoms with E-state index in [1.807, 2.05) is 0 Å². The molecule has 4 heterocycles. The Morgan fingerprint density at radius 3 is 2.79 bits per heavy atom. The number of nitrogens with zero attached hydrogens (tertiary/aromatic N) is 5. The zero-order valence-electron chi connectivity index (χ0n) is 14.7. The fraction of sp³-hybridized carbons (Fsp3) is 0.643. The molecule has 4 rings (SSSR count). The van der Waals surface area contributed by atoms with Crippen molar-refractivity contribution in [2.45, 2.75) is 24.5 Å². The van der Waals surface area contributed by atoms with Crippen LogP contribution in [0.25, 0.3) is 11.2 Å². The van der Waals surface area contributed by atoms with E-state index in [9.17, 15) is 19.7 Å². The van der Waals surface area contributed by atoms with Crippen LogP contribution in [0.2, 0.25) is 0 Å². The van der Waals surface area contributed by atoms with Crippen LogP contribution in [0.5, 0.6) is 0 Å². The topological polar surface area (TPSA) is 181 Å². The number of aliphatic hydroxyl groups excluding tert-OH is 2. The Balaban J connectivity index is 1.47. The van der Waals surface area contributed by atoms with E-state index in [1.165, 1.54) is 21.9 Å². The third-order valence-corrected chi connectivity index (χ3v) is 6.30. The van der Waals surface area contributed by atoms with Gasteiger partial charge in [-0.3, -0.25) is 9.13 Å². The van der Waals surface area contributed by atoms with Gasteiger partial charge >= 0.3 is 0 Å². The summed E-state index contributed by atoms with van der Waals surface area (Å²) in [5.74, 6) is 0.162. The molecule has 2 aliphatic heterocycles. The van der Waals surface area contributed by atoms with Gasteiger partial charge in [-0.15, -0.1) is 0 Å². The minimum atomic E-state index is -4.32. The van der Waals surface area contributed by atoms with Gasteiger partial charge in [-0.2, -0.15) is 0 Å². The number of morpholine rings is 1. The number of fused-ring (bicyclic) bond motifs is 1. The Morgan fingerprint density at radius 2 is 2.04 bits per heavy atom. The van der Waals surface area contributed by atoms with Gasteiger partial charge in [0.05, 0.1) is 26.1 Å². The normalized spacial score (nSPS) is 31.2. The van der Waals surface area contributed by atoms with Crippen LogP contribution < -0.4 is 10.6 Å². The van der Waals surface area contributed by atoms with Crippen LogP contribution in [0.3, 0.4) is 0 Å². The predicted octanol–water partition coefficient (Wildman–Crippen LogP) is -2.16. The molecule has 13 nitrogen and oxygen atoms in total. The molecule has 0 amide bonds. The third-order valence-electron chi connectivity index (χ3n) is 4.73. The number of aliphatic hydroxyl groups is 2. The number of ether oxygens (including phenoxy) is 2. The number of rotatable bonds is 5. The van der Waals surface area contributed by atoms with E-state index in [4.69, 9.17) is 19.7 Å². The highest BCUT2D eigenvalue weighted by atomic mass is 31.2. The van der Waals surface area contributed by atoms with E-state index >= 15 is 0 Å². The van der Waals surface area contributed by atoms with Crippen LogP contribution in [0.1, 0.15) is 6.23 Å². The molecule has 28 heavy (non-hydrogen) atoms. The van der Waals surface area contributed by atoms with Gasteiger partial charge < -0.3 is 34.8 Å². The molecule has 0 aliphatic carbocycles. The molecular weight excluding hydrogens is 395 g/mol. The quantitative estimate of drug-likeness (QED) is 0.451. The minimum Gasteiger partial charge on any atom is -0.766 e. The average molecular weight is 415 g/mol. The maximum Gasteiger partial charge on any atom is 0.207 e. The minimum absolute atomic E-state index is 0.162. The van der Waals surface area contributed by atoms with Crippen molar-refractivity contribution in [2.24, 2.45) is 0 Å². The van der Waals surface area contributed by atoms with E-state index in [0.717, 1.165) is 0 Å². The molecule has 2 aromatic rings. The number of hydrogen-bond donors (Lipinski definition) is 3. The lowest BCUT2D eigenvalue weighted by atomic mass is 10.1. The van der Waals surface area contributed by atoms with Crippen LogP contribution in [0, 0.1) is 0 Å². The first kappa shape index (κ1) is 19.6. The molecule has 4 N–H and O–H groups in total. The van der Waals surface area contributed by atoms with Gasteiger partial charge in [-0.05, 0) is 0 Å². The maximum absolute atomic E-state index is 12.3. The highest BCUT2D eigenvalue weighted by molar-refractivity contribution is 7.48. The van der Waals surface area contributed by atoms with Crippen LogP contribution in [-0.4, -0.2) is 85.6 Å². The zero-order chi connectivity index (χ0) is 19.9. The van der Waals surface area contributed by atoms with Crippen LogP contribution >= 0.6 is 7.75 Å². The smallest absolute Gasteiger partial charge is 0.207 e. The van der Waals surface area contributed by atoms with Crippen molar-refractivity contribution in [3.8, 4) is 0 Å². The van der Waals surface area contributed by atoms with Gasteiger partial charge in [0.1, 0.15) is 30.2 Å². The van der Waals surface area contributed by atoms with Gasteiger partial charge in [-0.1, -0.05) is 0 Å². The SMILES string of the molecule is Nc1ncnc2c1ncn2[C@@H]1O[C@H](COP(=O)([O-])N2CCOCC2)[C@H](O)C1O. The first-order valence-electron chi connectivity index (χ1n) is 8.62. The van der Waals surface area contributed by atoms with Crippen LogP contribution in [0.15, 0.2) is 12.7 Å². The first-order chi connectivity index (χ1) is 13.4. The molecule has 2 unspecified atom stereocenters. The molecule has 0 bridgehead atoms. The fourth-order valence-electron chi connectivity index (χ4n) is 3.20. The lowest BCUT2D eigenvalue weighted by Gasteiger charge is -2.37. The maximum atomic E-state index is 12.3. The molecule has 2 saturated heterocycles. The molecule has 5 atom stereocenters. The van der Waals surface area contributed by atoms with Crippen molar-refractivity contribution in [2.75, 3.05) is 38.6 Å². The van der Waals surface area contributed by atoms with Gasteiger partial charge in [0.2, 0.25) is 7.75 Å². The molecule has 154 valence electrons. The van der Waals surface area contributed by atoms with Gasteiger partial charge in [-0.25, -0.2) is 19.6 Å². The van der Waals surface area contributed by atoms with Gasteiger partial charge in [0.25, 0.3) is 0 Å². The van der Waals surface area contributed by atoms with Crippen molar-refractivity contribution >= 4 is 24.7 Å². The second kappa shape index (κ2) is 7.61. The Hall–Kier alpha value is -1.70. The molecule has 0 spiro atoms. The number of imidazole rings is 1. The highest BCUT2D eigenvalue weighted by Crippen LogP contribution is 2.43. The summed E-state index contributed by atoms with van der Waals surface area (Å²) < 4.78 is 30.7. The van der Waals surface area contributed by atoms with Crippen molar-refractivity contribution in [1.29, 1.82) is 0 Å². The number of hydrogen-bond acceptors (Lipinski definition) is 11. The Kier molecular flexibility index (Phi) is 5.33. The second-order valence-corrected chi connectivity index (χ2v) is 8.22. The lowest BCUT2D eigenvalue weighted by Crippen LogP contribution is -2.39. The summed E-state index contributed by atoms with van der Waals surface area (Å²) in [5.41, 5.74) is 6.38. The highest BCUT2D eigenvalue weighted by Gasteiger charge is 2.45. The molecule has 2 aliphatic rings. The van der Waals surface area contributed by atoms with Crippen LogP contribution in [0.4, 0.5) is 5.82 Å². The second-order valence-electron chi connectivity index (χ2n) is 6.46. The van der Waals surface area contributed by atoms with Gasteiger partial charge in [0, 0.05) is 13.1 Å². The van der Waals surface area contributed by atoms with E-state index in [2.05, 4.69) is 15.0 Å². The van der Waals surface area contributed by atoms with E-state index in [0.29, 0.717) is 11.2 Å². The molecule has 2 aromatic heterocycles. The number of anilines is 1. The van der Waals surface area contributed by atoms with E-state index in [1.54, 1.807) is 0 Å². The Labute approximate surface area is 159 Å². The number of aromatic nitrogens is 4. The zero-order valence-corrected chi connectivity index (χ0v) is 15.6. The fourth-order valence-corrected chi connectivity index (χ4v) is 4.35. The Morgan fingerprint density at radius 1 is 1.29 bits per heavy atom. The lowest BCUT2D eigenvalue weighted by molar-refractivity contribution is -0.218. The van der Waals surface area contributed by atoms with Crippen molar-refractivity contribution < 1.29 is 33.7 Å². The molecule has 2 fully saturated rings. The number of nitrogens with two attached hydrogens (primary N) is 1. The summed E-state index contributed by atoms with van der Waals surface area (Å²) in [6.07, 6.45) is -2.24.